The van der Waals surface area contributed by atoms with E-state index in [1.807, 2.05) is 0 Å². The molecule has 2 aromatic rings. The molecule has 0 fully saturated rings. The number of aromatic nitrogens is 1. The van der Waals surface area contributed by atoms with Crippen LogP contribution < -0.4 is 5.32 Å². The summed E-state index contributed by atoms with van der Waals surface area (Å²) in [7, 11) is 0. The molecule has 0 aliphatic rings. The Kier molecular flexibility index (Phi) is 3.43. The molecule has 1 N–H and O–H groups in total. The van der Waals surface area contributed by atoms with Gasteiger partial charge in [0, 0.05) is 12.3 Å². The van der Waals surface area contributed by atoms with E-state index in [2.05, 4.69) is 10.3 Å². The van der Waals surface area contributed by atoms with Crippen molar-refractivity contribution in [3.05, 3.63) is 31.7 Å². The highest BCUT2D eigenvalue weighted by molar-refractivity contribution is 7.14. The average molecular weight is 298 g/mol. The molecule has 0 atom stereocenters. The van der Waals surface area contributed by atoms with Crippen molar-refractivity contribution >= 4 is 33.9 Å². The Bertz CT molecular complexity index is 705. The summed E-state index contributed by atoms with van der Waals surface area (Å²) in [5.41, 5.74) is -0.519. The molecule has 0 radical (unpaired) electrons. The Morgan fingerprint density at radius 3 is 2.65 bits per heavy atom. The zero-order valence-corrected chi connectivity index (χ0v) is 10.7. The molecule has 0 saturated heterocycles. The number of rotatable bonds is 4. The Morgan fingerprint density at radius 2 is 2.10 bits per heavy atom. The van der Waals surface area contributed by atoms with E-state index in [0.29, 0.717) is 6.07 Å². The van der Waals surface area contributed by atoms with Gasteiger partial charge in [-0.05, 0) is 0 Å². The molecule has 2 rings (SSSR count). The summed E-state index contributed by atoms with van der Waals surface area (Å²) in [5, 5.41) is 25.4. The monoisotopic (exact) mass is 298 g/mol. The van der Waals surface area contributed by atoms with E-state index in [9.17, 15) is 25.0 Å². The van der Waals surface area contributed by atoms with Crippen LogP contribution in [-0.2, 0) is 4.79 Å². The summed E-state index contributed by atoms with van der Waals surface area (Å²) >= 11 is 1.02. The van der Waals surface area contributed by atoms with Gasteiger partial charge in [0.2, 0.25) is 11.7 Å². The molecule has 20 heavy (non-hydrogen) atoms. The van der Waals surface area contributed by atoms with Gasteiger partial charge in [0.1, 0.15) is 16.7 Å². The van der Waals surface area contributed by atoms with E-state index in [0.717, 1.165) is 11.3 Å². The predicted octanol–water partition coefficient (Wildman–Crippen LogP) is 2.18. The van der Waals surface area contributed by atoms with Crippen molar-refractivity contribution in [2.24, 2.45) is 0 Å². The minimum absolute atomic E-state index is 0.0403. The van der Waals surface area contributed by atoms with E-state index in [-0.39, 0.29) is 22.5 Å². The van der Waals surface area contributed by atoms with Crippen LogP contribution in [-0.4, -0.2) is 20.7 Å². The minimum atomic E-state index is -0.877. The number of carbonyl (C=O) groups excluding carboxylic acids is 1. The Morgan fingerprint density at radius 1 is 1.40 bits per heavy atom. The van der Waals surface area contributed by atoms with Crippen molar-refractivity contribution in [3.8, 4) is 11.5 Å². The number of nitro groups is 2. The lowest BCUT2D eigenvalue weighted by Gasteiger charge is -1.93. The third kappa shape index (κ3) is 2.61. The number of amides is 1. The number of furan rings is 1. The zero-order valence-electron chi connectivity index (χ0n) is 9.85. The third-order valence-electron chi connectivity index (χ3n) is 2.10. The minimum Gasteiger partial charge on any atom is -0.391 e. The number of carbonyl (C=O) groups is 1. The van der Waals surface area contributed by atoms with Crippen molar-refractivity contribution in [1.82, 2.24) is 4.98 Å². The van der Waals surface area contributed by atoms with E-state index < -0.39 is 21.4 Å². The SMILES string of the molecule is CC(=O)Nc1nc(-c2oc([N+](=O)[O-])cc2[N+](=O)[O-])cs1. The number of hydrogen-bond acceptors (Lipinski definition) is 8. The first kappa shape index (κ1) is 13.6. The van der Waals surface area contributed by atoms with Crippen LogP contribution in [0, 0.1) is 20.2 Å². The summed E-state index contributed by atoms with van der Waals surface area (Å²) in [4.78, 5) is 34.5. The average Bonchev–Trinajstić information content (AvgIpc) is 2.93. The smallest absolute Gasteiger partial charge is 0.391 e. The Hall–Kier alpha value is -2.82. The molecular formula is C9H6N4O6S. The molecule has 0 spiro atoms. The normalized spacial score (nSPS) is 10.2. The first-order valence-electron chi connectivity index (χ1n) is 5.04. The molecule has 2 heterocycles. The number of thiazole rings is 1. The summed E-state index contributed by atoms with van der Waals surface area (Å²) in [6.45, 7) is 1.28. The first-order chi connectivity index (χ1) is 9.38. The van der Waals surface area contributed by atoms with E-state index in [1.54, 1.807) is 0 Å². The lowest BCUT2D eigenvalue weighted by atomic mass is 10.3. The van der Waals surface area contributed by atoms with Crippen molar-refractivity contribution in [2.75, 3.05) is 5.32 Å². The van der Waals surface area contributed by atoms with E-state index in [1.165, 1.54) is 12.3 Å². The van der Waals surface area contributed by atoms with Crippen LogP contribution in [0.25, 0.3) is 11.5 Å². The molecule has 2 aromatic heterocycles. The molecule has 0 unspecified atom stereocenters. The lowest BCUT2D eigenvalue weighted by molar-refractivity contribution is -0.402. The van der Waals surface area contributed by atoms with Gasteiger partial charge in [0.25, 0.3) is 0 Å². The predicted molar refractivity (Wildman–Crippen MR) is 67.4 cm³/mol. The van der Waals surface area contributed by atoms with Gasteiger partial charge < -0.3 is 9.73 Å². The van der Waals surface area contributed by atoms with Gasteiger partial charge >= 0.3 is 11.6 Å². The van der Waals surface area contributed by atoms with E-state index in [4.69, 9.17) is 4.42 Å². The molecule has 0 aliphatic carbocycles. The number of anilines is 1. The maximum atomic E-state index is 10.9. The highest BCUT2D eigenvalue weighted by Crippen LogP contribution is 2.37. The summed E-state index contributed by atoms with van der Waals surface area (Å²) in [6, 6.07) is 0.715. The molecule has 0 bridgehead atoms. The van der Waals surface area contributed by atoms with Crippen LogP contribution in [0.2, 0.25) is 0 Å². The van der Waals surface area contributed by atoms with Crippen molar-refractivity contribution in [3.63, 3.8) is 0 Å². The van der Waals surface area contributed by atoms with Crippen LogP contribution in [0.3, 0.4) is 0 Å². The highest BCUT2D eigenvalue weighted by atomic mass is 32.1. The van der Waals surface area contributed by atoms with Gasteiger partial charge in [0.15, 0.2) is 5.13 Å². The van der Waals surface area contributed by atoms with E-state index >= 15 is 0 Å². The zero-order chi connectivity index (χ0) is 14.9. The molecule has 11 heteroatoms. The van der Waals surface area contributed by atoms with Crippen LogP contribution in [0.1, 0.15) is 6.92 Å². The summed E-state index contributed by atoms with van der Waals surface area (Å²) < 4.78 is 4.83. The Labute approximate surface area is 114 Å². The van der Waals surface area contributed by atoms with Gasteiger partial charge in [-0.2, -0.15) is 0 Å². The fourth-order valence-corrected chi connectivity index (χ4v) is 2.10. The second kappa shape index (κ2) is 5.05. The van der Waals surface area contributed by atoms with Gasteiger partial charge in [-0.25, -0.2) is 4.98 Å². The maximum Gasteiger partial charge on any atom is 0.440 e. The maximum absolute atomic E-state index is 10.9. The van der Waals surface area contributed by atoms with Crippen LogP contribution in [0.5, 0.6) is 0 Å². The third-order valence-corrected chi connectivity index (χ3v) is 2.85. The molecule has 10 nitrogen and oxygen atoms in total. The summed E-state index contributed by atoms with van der Waals surface area (Å²) in [6.07, 6.45) is 0. The van der Waals surface area contributed by atoms with Gasteiger partial charge in [-0.15, -0.1) is 11.3 Å². The van der Waals surface area contributed by atoms with Crippen LogP contribution in [0.15, 0.2) is 15.9 Å². The molecule has 0 aromatic carbocycles. The van der Waals surface area contributed by atoms with Gasteiger partial charge in [-0.3, -0.25) is 25.0 Å². The topological polar surface area (TPSA) is 141 Å². The van der Waals surface area contributed by atoms with Gasteiger partial charge in [0.05, 0.1) is 4.92 Å². The second-order valence-corrected chi connectivity index (χ2v) is 4.39. The Balaban J connectivity index is 2.45. The number of hydrogen-bond donors (Lipinski definition) is 1. The van der Waals surface area contributed by atoms with Gasteiger partial charge in [-0.1, -0.05) is 0 Å². The van der Waals surface area contributed by atoms with Crippen LogP contribution >= 0.6 is 11.3 Å². The molecular weight excluding hydrogens is 292 g/mol. The summed E-state index contributed by atoms with van der Waals surface area (Å²) in [5.74, 6) is -1.43. The molecule has 104 valence electrons. The number of nitrogens with zero attached hydrogens (tertiary/aromatic N) is 3. The van der Waals surface area contributed by atoms with Crippen molar-refractivity contribution in [2.45, 2.75) is 6.92 Å². The molecule has 1 amide bonds. The molecule has 0 aliphatic heterocycles. The quantitative estimate of drug-likeness (QED) is 0.673. The highest BCUT2D eigenvalue weighted by Gasteiger charge is 2.29. The fraction of sp³-hybridized carbons (Fsp3) is 0.111. The second-order valence-electron chi connectivity index (χ2n) is 3.53. The van der Waals surface area contributed by atoms with Crippen LogP contribution in [0.4, 0.5) is 16.7 Å². The number of nitrogens with one attached hydrogen (secondary N) is 1. The standard InChI is InChI=1S/C9H6N4O6S/c1-4(14)10-9-11-5(3-20-9)8-6(12(15)16)2-7(19-8)13(17)18/h2-3H,1H3,(H,10,11,14). The van der Waals surface area contributed by atoms with Crippen molar-refractivity contribution in [1.29, 1.82) is 0 Å². The molecule has 0 saturated carbocycles. The lowest BCUT2D eigenvalue weighted by Crippen LogP contribution is -2.04. The van der Waals surface area contributed by atoms with Crippen molar-refractivity contribution < 1.29 is 19.1 Å². The largest absolute Gasteiger partial charge is 0.440 e. The first-order valence-corrected chi connectivity index (χ1v) is 5.92. The fourth-order valence-electron chi connectivity index (χ4n) is 1.36.